The van der Waals surface area contributed by atoms with E-state index in [2.05, 4.69) is 18.3 Å². The van der Waals surface area contributed by atoms with Crippen LogP contribution in [0.15, 0.2) is 18.2 Å². The zero-order chi connectivity index (χ0) is 13.5. The number of methoxy groups -OCH3 is 1. The Kier molecular flexibility index (Phi) is 2.88. The fourth-order valence-corrected chi connectivity index (χ4v) is 3.48. The minimum atomic E-state index is -0.342. The lowest BCUT2D eigenvalue weighted by Gasteiger charge is -2.48. The van der Waals surface area contributed by atoms with Crippen molar-refractivity contribution in [2.24, 2.45) is 0 Å². The van der Waals surface area contributed by atoms with Crippen molar-refractivity contribution in [3.8, 4) is 11.5 Å². The average Bonchev–Trinajstić information content (AvgIpc) is 2.41. The molecule has 19 heavy (non-hydrogen) atoms. The van der Waals surface area contributed by atoms with Crippen molar-refractivity contribution in [2.45, 2.75) is 43.7 Å². The van der Waals surface area contributed by atoms with Crippen LogP contribution in [-0.4, -0.2) is 25.2 Å². The SMILES string of the molecule is COc1cccc2c1OC1(C)CC2CCC1NC=O. The van der Waals surface area contributed by atoms with Gasteiger partial charge in [0.05, 0.1) is 13.2 Å². The molecule has 3 rings (SSSR count). The van der Waals surface area contributed by atoms with Gasteiger partial charge in [-0.25, -0.2) is 0 Å². The molecule has 4 heteroatoms. The molecule has 1 heterocycles. The Labute approximate surface area is 113 Å². The first kappa shape index (κ1) is 12.3. The maximum Gasteiger partial charge on any atom is 0.207 e. The first-order chi connectivity index (χ1) is 9.18. The number of carbonyl (C=O) groups excluding carboxylic acids is 1. The van der Waals surface area contributed by atoms with Crippen LogP contribution in [-0.2, 0) is 4.79 Å². The minimum absolute atomic E-state index is 0.0688. The summed E-state index contributed by atoms with van der Waals surface area (Å²) >= 11 is 0. The van der Waals surface area contributed by atoms with E-state index in [-0.39, 0.29) is 11.6 Å². The molecule has 2 bridgehead atoms. The van der Waals surface area contributed by atoms with Gasteiger partial charge >= 0.3 is 0 Å². The molecular weight excluding hydrogens is 242 g/mol. The number of para-hydroxylation sites is 1. The van der Waals surface area contributed by atoms with Crippen molar-refractivity contribution in [3.05, 3.63) is 23.8 Å². The Morgan fingerprint density at radius 2 is 2.32 bits per heavy atom. The number of amides is 1. The van der Waals surface area contributed by atoms with Crippen LogP contribution in [0.1, 0.15) is 37.7 Å². The standard InChI is InChI=1S/C15H19NO3/c1-15-8-10(6-7-13(15)16-9-17)11-4-3-5-12(18-2)14(11)19-15/h3-5,9-10,13H,6-8H2,1-2H3,(H,16,17). The highest BCUT2D eigenvalue weighted by atomic mass is 16.5. The predicted octanol–water partition coefficient (Wildman–Crippen LogP) is 2.23. The van der Waals surface area contributed by atoms with Crippen molar-refractivity contribution >= 4 is 6.41 Å². The second-order valence-electron chi connectivity index (χ2n) is 5.61. The highest BCUT2D eigenvalue weighted by molar-refractivity contribution is 5.52. The van der Waals surface area contributed by atoms with E-state index >= 15 is 0 Å². The summed E-state index contributed by atoms with van der Waals surface area (Å²) in [6.45, 7) is 2.08. The summed E-state index contributed by atoms with van der Waals surface area (Å²) in [4.78, 5) is 10.8. The zero-order valence-electron chi connectivity index (χ0n) is 11.3. The molecule has 2 aliphatic rings. The van der Waals surface area contributed by atoms with Gasteiger partial charge < -0.3 is 14.8 Å². The van der Waals surface area contributed by atoms with Crippen LogP contribution in [0.3, 0.4) is 0 Å². The monoisotopic (exact) mass is 261 g/mol. The quantitative estimate of drug-likeness (QED) is 0.849. The lowest BCUT2D eigenvalue weighted by Crippen LogP contribution is -2.57. The molecule has 0 radical (unpaired) electrons. The second kappa shape index (κ2) is 4.44. The van der Waals surface area contributed by atoms with E-state index in [1.807, 2.05) is 12.1 Å². The smallest absolute Gasteiger partial charge is 0.207 e. The number of fused-ring (bicyclic) bond motifs is 4. The van der Waals surface area contributed by atoms with Gasteiger partial charge in [-0.15, -0.1) is 0 Å². The molecule has 3 atom stereocenters. The number of ether oxygens (including phenoxy) is 2. The number of carbonyl (C=O) groups is 1. The first-order valence-corrected chi connectivity index (χ1v) is 6.73. The van der Waals surface area contributed by atoms with Crippen LogP contribution in [0.4, 0.5) is 0 Å². The molecular formula is C15H19NO3. The summed E-state index contributed by atoms with van der Waals surface area (Å²) in [6, 6.07) is 6.12. The molecule has 3 unspecified atom stereocenters. The number of nitrogens with one attached hydrogen (secondary N) is 1. The minimum Gasteiger partial charge on any atom is -0.493 e. The molecule has 1 aliphatic carbocycles. The van der Waals surface area contributed by atoms with Gasteiger partial charge in [-0.2, -0.15) is 0 Å². The van der Waals surface area contributed by atoms with Gasteiger partial charge in [-0.1, -0.05) is 12.1 Å². The van der Waals surface area contributed by atoms with Gasteiger partial charge in [0, 0.05) is 5.56 Å². The van der Waals surface area contributed by atoms with E-state index in [0.717, 1.165) is 37.2 Å². The Balaban J connectivity index is 2.02. The number of hydrogen-bond donors (Lipinski definition) is 1. The summed E-state index contributed by atoms with van der Waals surface area (Å²) in [7, 11) is 1.66. The second-order valence-corrected chi connectivity index (χ2v) is 5.61. The maximum atomic E-state index is 10.8. The average molecular weight is 261 g/mol. The normalized spacial score (nSPS) is 31.9. The lowest BCUT2D eigenvalue weighted by molar-refractivity contribution is -0.113. The Hall–Kier alpha value is -1.71. The topological polar surface area (TPSA) is 47.6 Å². The highest BCUT2D eigenvalue weighted by Gasteiger charge is 2.47. The molecule has 0 aromatic heterocycles. The first-order valence-electron chi connectivity index (χ1n) is 6.73. The number of hydrogen-bond acceptors (Lipinski definition) is 3. The van der Waals surface area contributed by atoms with Crippen LogP contribution in [0.2, 0.25) is 0 Å². The summed E-state index contributed by atoms with van der Waals surface area (Å²) in [6.07, 6.45) is 3.75. The van der Waals surface area contributed by atoms with E-state index in [1.54, 1.807) is 7.11 Å². The van der Waals surface area contributed by atoms with Crippen molar-refractivity contribution in [2.75, 3.05) is 7.11 Å². The Morgan fingerprint density at radius 3 is 3.05 bits per heavy atom. The maximum absolute atomic E-state index is 10.8. The molecule has 4 nitrogen and oxygen atoms in total. The Bertz CT molecular complexity index is 502. The molecule has 1 fully saturated rings. The van der Waals surface area contributed by atoms with E-state index < -0.39 is 0 Å². The molecule has 1 N–H and O–H groups in total. The predicted molar refractivity (Wildman–Crippen MR) is 71.6 cm³/mol. The molecule has 1 aromatic rings. The van der Waals surface area contributed by atoms with E-state index in [1.165, 1.54) is 5.56 Å². The van der Waals surface area contributed by atoms with Gasteiger partial charge in [-0.3, -0.25) is 4.79 Å². The van der Waals surface area contributed by atoms with Gasteiger partial charge in [0.2, 0.25) is 6.41 Å². The van der Waals surface area contributed by atoms with Gasteiger partial charge in [0.1, 0.15) is 5.60 Å². The van der Waals surface area contributed by atoms with Crippen molar-refractivity contribution in [3.63, 3.8) is 0 Å². The molecule has 1 saturated carbocycles. The molecule has 1 aromatic carbocycles. The molecule has 0 spiro atoms. The summed E-state index contributed by atoms with van der Waals surface area (Å²) in [5.74, 6) is 2.12. The third-order valence-corrected chi connectivity index (χ3v) is 4.47. The third kappa shape index (κ3) is 1.86. The molecule has 1 amide bonds. The van der Waals surface area contributed by atoms with E-state index in [4.69, 9.17) is 9.47 Å². The number of benzene rings is 1. The number of rotatable bonds is 3. The Morgan fingerprint density at radius 1 is 1.47 bits per heavy atom. The van der Waals surface area contributed by atoms with Crippen LogP contribution in [0.25, 0.3) is 0 Å². The molecule has 0 saturated heterocycles. The van der Waals surface area contributed by atoms with Crippen LogP contribution in [0, 0.1) is 0 Å². The largest absolute Gasteiger partial charge is 0.493 e. The fraction of sp³-hybridized carbons (Fsp3) is 0.533. The van der Waals surface area contributed by atoms with Crippen molar-refractivity contribution in [1.29, 1.82) is 0 Å². The fourth-order valence-electron chi connectivity index (χ4n) is 3.48. The van der Waals surface area contributed by atoms with Crippen LogP contribution in [0.5, 0.6) is 11.5 Å². The van der Waals surface area contributed by atoms with Crippen molar-refractivity contribution < 1.29 is 14.3 Å². The van der Waals surface area contributed by atoms with Gasteiger partial charge in [0.15, 0.2) is 11.5 Å². The van der Waals surface area contributed by atoms with Crippen molar-refractivity contribution in [1.82, 2.24) is 5.32 Å². The van der Waals surface area contributed by atoms with Gasteiger partial charge in [0.25, 0.3) is 0 Å². The highest BCUT2D eigenvalue weighted by Crippen LogP contribution is 2.51. The van der Waals surface area contributed by atoms with Crippen LogP contribution < -0.4 is 14.8 Å². The summed E-state index contributed by atoms with van der Waals surface area (Å²) in [5, 5.41) is 2.90. The van der Waals surface area contributed by atoms with Crippen LogP contribution >= 0.6 is 0 Å². The van der Waals surface area contributed by atoms with Gasteiger partial charge in [-0.05, 0) is 38.2 Å². The molecule has 1 aliphatic heterocycles. The van der Waals surface area contributed by atoms with E-state index in [9.17, 15) is 4.79 Å². The summed E-state index contributed by atoms with van der Waals surface area (Å²) < 4.78 is 11.6. The summed E-state index contributed by atoms with van der Waals surface area (Å²) in [5.41, 5.74) is 0.896. The third-order valence-electron chi connectivity index (χ3n) is 4.47. The molecule has 102 valence electrons. The zero-order valence-corrected chi connectivity index (χ0v) is 11.3. The van der Waals surface area contributed by atoms with E-state index in [0.29, 0.717) is 5.92 Å². The lowest BCUT2D eigenvalue weighted by atomic mass is 9.71.